The summed E-state index contributed by atoms with van der Waals surface area (Å²) in [5, 5.41) is 0. The van der Waals surface area contributed by atoms with Crippen LogP contribution in [0.3, 0.4) is 0 Å². The average Bonchev–Trinajstić information content (AvgIpc) is 2.90. The van der Waals surface area contributed by atoms with Crippen molar-refractivity contribution in [2.24, 2.45) is 11.8 Å². The van der Waals surface area contributed by atoms with Gasteiger partial charge in [0.25, 0.3) is 0 Å². The number of halogens is 1. The van der Waals surface area contributed by atoms with Gasteiger partial charge in [0.1, 0.15) is 0 Å². The van der Waals surface area contributed by atoms with Crippen LogP contribution in [0.15, 0.2) is 0 Å². The van der Waals surface area contributed by atoms with Gasteiger partial charge in [0.2, 0.25) is 0 Å². The normalized spacial score (nSPS) is 38.5. The minimum atomic E-state index is 0.189. The Labute approximate surface area is 119 Å². The molecule has 1 aliphatic heterocycles. The van der Waals surface area contributed by atoms with E-state index in [1.54, 1.807) is 0 Å². The molecule has 0 N–H and O–H groups in total. The molecule has 0 radical (unpaired) electrons. The fourth-order valence-electron chi connectivity index (χ4n) is 2.94. The fourth-order valence-corrected chi connectivity index (χ4v) is 3.92. The Hall–Kier alpha value is 0.650. The first-order chi connectivity index (χ1) is 8.28. The maximum absolute atomic E-state index is 6.31. The molecule has 1 saturated heterocycles. The standard InChI is InChI=1S/C14H25IO2/c1-2-12-3-6-14(11-15,7-4-12)17-10-13-5-8-16-9-13/h12-13H,2-11H2,1H3. The van der Waals surface area contributed by atoms with Crippen molar-refractivity contribution in [2.75, 3.05) is 24.2 Å². The lowest BCUT2D eigenvalue weighted by molar-refractivity contribution is -0.0727. The van der Waals surface area contributed by atoms with Gasteiger partial charge in [-0.15, -0.1) is 0 Å². The molecule has 1 aliphatic carbocycles. The van der Waals surface area contributed by atoms with Gasteiger partial charge >= 0.3 is 0 Å². The van der Waals surface area contributed by atoms with E-state index in [1.807, 2.05) is 0 Å². The molecule has 17 heavy (non-hydrogen) atoms. The molecule has 1 saturated carbocycles. The Morgan fingerprint density at radius 3 is 2.53 bits per heavy atom. The molecule has 2 nitrogen and oxygen atoms in total. The molecule has 2 rings (SSSR count). The van der Waals surface area contributed by atoms with Crippen LogP contribution in [-0.2, 0) is 9.47 Å². The van der Waals surface area contributed by atoms with Gasteiger partial charge in [-0.05, 0) is 38.0 Å². The van der Waals surface area contributed by atoms with Crippen LogP contribution in [0.2, 0.25) is 0 Å². The average molecular weight is 352 g/mol. The zero-order valence-electron chi connectivity index (χ0n) is 10.9. The molecular weight excluding hydrogens is 327 g/mol. The summed E-state index contributed by atoms with van der Waals surface area (Å²) in [5.41, 5.74) is 0.189. The quantitative estimate of drug-likeness (QED) is 0.553. The summed E-state index contributed by atoms with van der Waals surface area (Å²) in [6, 6.07) is 0. The molecule has 100 valence electrons. The molecule has 0 aromatic heterocycles. The van der Waals surface area contributed by atoms with E-state index in [0.717, 1.165) is 30.2 Å². The van der Waals surface area contributed by atoms with Gasteiger partial charge in [0.05, 0.1) is 18.8 Å². The van der Waals surface area contributed by atoms with Gasteiger partial charge < -0.3 is 9.47 Å². The topological polar surface area (TPSA) is 18.5 Å². The van der Waals surface area contributed by atoms with Crippen LogP contribution >= 0.6 is 22.6 Å². The zero-order chi connectivity index (χ0) is 12.1. The second-order valence-electron chi connectivity index (χ2n) is 5.71. The van der Waals surface area contributed by atoms with Gasteiger partial charge in [-0.1, -0.05) is 35.9 Å². The number of alkyl halides is 1. The molecule has 1 heterocycles. The third-order valence-electron chi connectivity index (χ3n) is 4.49. The predicted molar refractivity (Wildman–Crippen MR) is 78.7 cm³/mol. The zero-order valence-corrected chi connectivity index (χ0v) is 13.1. The van der Waals surface area contributed by atoms with Crippen LogP contribution in [0, 0.1) is 11.8 Å². The van der Waals surface area contributed by atoms with Crippen molar-refractivity contribution >= 4 is 22.6 Å². The van der Waals surface area contributed by atoms with E-state index < -0.39 is 0 Å². The van der Waals surface area contributed by atoms with Gasteiger partial charge in [-0.3, -0.25) is 0 Å². The number of ether oxygens (including phenoxy) is 2. The molecule has 1 unspecified atom stereocenters. The maximum atomic E-state index is 6.31. The highest BCUT2D eigenvalue weighted by atomic mass is 127. The Kier molecular flexibility index (Phi) is 5.55. The third-order valence-corrected chi connectivity index (χ3v) is 5.88. The maximum Gasteiger partial charge on any atom is 0.0771 e. The Bertz CT molecular complexity index is 218. The van der Waals surface area contributed by atoms with Crippen LogP contribution in [0.5, 0.6) is 0 Å². The molecule has 3 heteroatoms. The Balaban J connectivity index is 1.78. The lowest BCUT2D eigenvalue weighted by Gasteiger charge is -2.39. The largest absolute Gasteiger partial charge is 0.381 e. The third kappa shape index (κ3) is 3.80. The highest BCUT2D eigenvalue weighted by molar-refractivity contribution is 14.1. The predicted octanol–water partition coefficient (Wildman–Crippen LogP) is 3.81. The van der Waals surface area contributed by atoms with E-state index in [0.29, 0.717) is 5.92 Å². The van der Waals surface area contributed by atoms with Crippen molar-refractivity contribution in [3.05, 3.63) is 0 Å². The van der Waals surface area contributed by atoms with E-state index in [4.69, 9.17) is 9.47 Å². The summed E-state index contributed by atoms with van der Waals surface area (Å²) in [7, 11) is 0. The molecule has 0 bridgehead atoms. The van der Waals surface area contributed by atoms with Crippen molar-refractivity contribution in [3.63, 3.8) is 0 Å². The first kappa shape index (κ1) is 14.1. The van der Waals surface area contributed by atoms with Crippen molar-refractivity contribution in [3.8, 4) is 0 Å². The van der Waals surface area contributed by atoms with Crippen LogP contribution in [0.1, 0.15) is 45.4 Å². The summed E-state index contributed by atoms with van der Waals surface area (Å²) < 4.78 is 12.9. The molecule has 0 aromatic carbocycles. The highest BCUT2D eigenvalue weighted by Crippen LogP contribution is 2.38. The minimum absolute atomic E-state index is 0.189. The molecule has 0 spiro atoms. The highest BCUT2D eigenvalue weighted by Gasteiger charge is 2.35. The van der Waals surface area contributed by atoms with Crippen LogP contribution in [0.4, 0.5) is 0 Å². The van der Waals surface area contributed by atoms with E-state index in [-0.39, 0.29) is 5.60 Å². The van der Waals surface area contributed by atoms with Gasteiger partial charge in [0, 0.05) is 17.0 Å². The monoisotopic (exact) mass is 352 g/mol. The molecular formula is C14H25IO2. The van der Waals surface area contributed by atoms with E-state index in [2.05, 4.69) is 29.5 Å². The van der Waals surface area contributed by atoms with Crippen LogP contribution in [-0.4, -0.2) is 29.8 Å². The van der Waals surface area contributed by atoms with Crippen molar-refractivity contribution in [1.82, 2.24) is 0 Å². The molecule has 0 aromatic rings. The van der Waals surface area contributed by atoms with E-state index in [1.165, 1.54) is 38.5 Å². The van der Waals surface area contributed by atoms with Gasteiger partial charge in [-0.25, -0.2) is 0 Å². The summed E-state index contributed by atoms with van der Waals surface area (Å²) in [5.74, 6) is 1.60. The summed E-state index contributed by atoms with van der Waals surface area (Å²) in [4.78, 5) is 0. The molecule has 2 aliphatic rings. The van der Waals surface area contributed by atoms with Crippen molar-refractivity contribution < 1.29 is 9.47 Å². The summed E-state index contributed by atoms with van der Waals surface area (Å²) in [6.07, 6.45) is 7.79. The van der Waals surface area contributed by atoms with Crippen LogP contribution < -0.4 is 0 Å². The number of hydrogen-bond acceptors (Lipinski definition) is 2. The Morgan fingerprint density at radius 1 is 1.24 bits per heavy atom. The summed E-state index contributed by atoms with van der Waals surface area (Å²) in [6.45, 7) is 5.08. The minimum Gasteiger partial charge on any atom is -0.381 e. The SMILES string of the molecule is CCC1CCC(CI)(OCC2CCOC2)CC1. The second kappa shape index (κ2) is 6.71. The number of hydrogen-bond donors (Lipinski definition) is 0. The lowest BCUT2D eigenvalue weighted by atomic mass is 9.78. The first-order valence-corrected chi connectivity index (χ1v) is 8.58. The lowest BCUT2D eigenvalue weighted by Crippen LogP contribution is -2.40. The van der Waals surface area contributed by atoms with Gasteiger partial charge in [0.15, 0.2) is 0 Å². The van der Waals surface area contributed by atoms with Crippen molar-refractivity contribution in [1.29, 1.82) is 0 Å². The van der Waals surface area contributed by atoms with Crippen molar-refractivity contribution in [2.45, 2.75) is 51.0 Å². The second-order valence-corrected chi connectivity index (χ2v) is 6.47. The molecule has 1 atom stereocenters. The summed E-state index contributed by atoms with van der Waals surface area (Å²) >= 11 is 2.51. The number of rotatable bonds is 5. The smallest absolute Gasteiger partial charge is 0.0771 e. The first-order valence-electron chi connectivity index (χ1n) is 7.05. The van der Waals surface area contributed by atoms with E-state index in [9.17, 15) is 0 Å². The van der Waals surface area contributed by atoms with Crippen LogP contribution in [0.25, 0.3) is 0 Å². The fraction of sp³-hybridized carbons (Fsp3) is 1.00. The van der Waals surface area contributed by atoms with E-state index >= 15 is 0 Å². The Morgan fingerprint density at radius 2 is 2.00 bits per heavy atom. The molecule has 0 amide bonds. The van der Waals surface area contributed by atoms with Gasteiger partial charge in [-0.2, -0.15) is 0 Å². The molecule has 2 fully saturated rings.